The van der Waals surface area contributed by atoms with Gasteiger partial charge >= 0.3 is 0 Å². The number of nitrogens with one attached hydrogen (secondary N) is 1. The summed E-state index contributed by atoms with van der Waals surface area (Å²) in [5, 5.41) is 13.1. The molecule has 32 heavy (non-hydrogen) atoms. The van der Waals surface area contributed by atoms with E-state index in [1.807, 2.05) is 13.0 Å². The number of anilines is 1. The predicted octanol–water partition coefficient (Wildman–Crippen LogP) is 5.87. The molecule has 0 bridgehead atoms. The molecule has 1 amide bonds. The van der Waals surface area contributed by atoms with Crippen LogP contribution in [0.2, 0.25) is 15.1 Å². The molecular weight excluding hydrogens is 491 g/mol. The van der Waals surface area contributed by atoms with Crippen molar-refractivity contribution in [3.8, 4) is 5.69 Å². The number of benzene rings is 2. The Morgan fingerprint density at radius 2 is 1.78 bits per heavy atom. The van der Waals surface area contributed by atoms with Crippen molar-refractivity contribution in [3.05, 3.63) is 86.9 Å². The summed E-state index contributed by atoms with van der Waals surface area (Å²) in [7, 11) is 0. The Bertz CT molecular complexity index is 1260. The van der Waals surface area contributed by atoms with Gasteiger partial charge in [0.25, 0.3) is 5.91 Å². The van der Waals surface area contributed by atoms with Crippen LogP contribution in [-0.4, -0.2) is 30.9 Å². The molecule has 11 heteroatoms. The van der Waals surface area contributed by atoms with E-state index in [0.29, 0.717) is 43.0 Å². The van der Waals surface area contributed by atoms with Gasteiger partial charge in [-0.2, -0.15) is 0 Å². The van der Waals surface area contributed by atoms with Crippen LogP contribution in [0.3, 0.4) is 0 Å². The minimum atomic E-state index is -0.422. The monoisotopic (exact) mass is 504 g/mol. The normalized spacial score (nSPS) is 10.9. The summed E-state index contributed by atoms with van der Waals surface area (Å²) < 4.78 is 1.53. The van der Waals surface area contributed by atoms with Crippen molar-refractivity contribution in [3.63, 3.8) is 0 Å². The average molecular weight is 506 g/mol. The summed E-state index contributed by atoms with van der Waals surface area (Å²) in [5.41, 5.74) is 2.74. The van der Waals surface area contributed by atoms with E-state index in [1.54, 1.807) is 48.8 Å². The van der Waals surface area contributed by atoms with Gasteiger partial charge in [0.15, 0.2) is 10.9 Å². The zero-order valence-corrected chi connectivity index (χ0v) is 19.7. The quantitative estimate of drug-likeness (QED) is 0.260. The SMILES string of the molecule is Cc1ccc(NC(=O)c2nnn(-c3cc(Cl)cc(Cl)c3)c2CSc2ncccn2)cc1Cl. The fourth-order valence-electron chi connectivity index (χ4n) is 2.83. The van der Waals surface area contributed by atoms with Crippen molar-refractivity contribution in [2.24, 2.45) is 0 Å². The fourth-order valence-corrected chi connectivity index (χ4v) is 4.32. The Labute approximate surface area is 203 Å². The average Bonchev–Trinajstić information content (AvgIpc) is 3.19. The van der Waals surface area contributed by atoms with Crippen LogP contribution in [0.25, 0.3) is 5.69 Å². The lowest BCUT2D eigenvalue weighted by Crippen LogP contribution is -2.15. The topological polar surface area (TPSA) is 85.6 Å². The van der Waals surface area contributed by atoms with Crippen LogP contribution in [-0.2, 0) is 5.75 Å². The van der Waals surface area contributed by atoms with Gasteiger partial charge in [0, 0.05) is 38.9 Å². The van der Waals surface area contributed by atoms with Gasteiger partial charge in [-0.25, -0.2) is 14.6 Å². The van der Waals surface area contributed by atoms with E-state index in [-0.39, 0.29) is 5.69 Å². The smallest absolute Gasteiger partial charge is 0.278 e. The van der Waals surface area contributed by atoms with Gasteiger partial charge in [-0.05, 0) is 48.9 Å². The van der Waals surface area contributed by atoms with Crippen LogP contribution in [0.15, 0.2) is 60.0 Å². The number of carbonyl (C=O) groups excluding carboxylic acids is 1. The second-order valence-corrected chi connectivity index (χ2v) is 8.88. The highest BCUT2D eigenvalue weighted by Gasteiger charge is 2.22. The van der Waals surface area contributed by atoms with Crippen LogP contribution < -0.4 is 5.32 Å². The number of halogens is 3. The first-order valence-electron chi connectivity index (χ1n) is 9.29. The summed E-state index contributed by atoms with van der Waals surface area (Å²) in [6, 6.07) is 12.0. The maximum atomic E-state index is 13.1. The van der Waals surface area contributed by atoms with E-state index in [9.17, 15) is 4.79 Å². The molecule has 0 aliphatic carbocycles. The Morgan fingerprint density at radius 1 is 1.06 bits per heavy atom. The zero-order valence-electron chi connectivity index (χ0n) is 16.6. The number of aryl methyl sites for hydroxylation is 1. The molecule has 7 nitrogen and oxygen atoms in total. The molecule has 0 saturated heterocycles. The molecule has 0 aliphatic rings. The largest absolute Gasteiger partial charge is 0.320 e. The van der Waals surface area contributed by atoms with E-state index in [0.717, 1.165) is 5.56 Å². The molecule has 0 unspecified atom stereocenters. The number of hydrogen-bond donors (Lipinski definition) is 1. The van der Waals surface area contributed by atoms with Crippen molar-refractivity contribution in [2.45, 2.75) is 17.8 Å². The van der Waals surface area contributed by atoms with Crippen molar-refractivity contribution in [2.75, 3.05) is 5.32 Å². The molecule has 2 aromatic carbocycles. The molecule has 0 spiro atoms. The zero-order chi connectivity index (χ0) is 22.7. The van der Waals surface area contributed by atoms with E-state index in [4.69, 9.17) is 34.8 Å². The molecule has 0 fully saturated rings. The first-order chi connectivity index (χ1) is 15.4. The molecule has 0 atom stereocenters. The Morgan fingerprint density at radius 3 is 2.47 bits per heavy atom. The van der Waals surface area contributed by atoms with Crippen LogP contribution >= 0.6 is 46.6 Å². The number of carbonyl (C=O) groups is 1. The first-order valence-corrected chi connectivity index (χ1v) is 11.4. The van der Waals surface area contributed by atoms with Gasteiger partial charge in [-0.3, -0.25) is 4.79 Å². The van der Waals surface area contributed by atoms with Gasteiger partial charge in [0.1, 0.15) is 0 Å². The number of aromatic nitrogens is 5. The van der Waals surface area contributed by atoms with Crippen LogP contribution in [0.1, 0.15) is 21.7 Å². The van der Waals surface area contributed by atoms with Gasteiger partial charge in [-0.15, -0.1) is 5.10 Å². The van der Waals surface area contributed by atoms with Crippen molar-refractivity contribution < 1.29 is 4.79 Å². The first kappa shape index (κ1) is 22.5. The third-order valence-electron chi connectivity index (χ3n) is 4.38. The molecule has 4 rings (SSSR count). The summed E-state index contributed by atoms with van der Waals surface area (Å²) in [5.74, 6) is -0.0904. The maximum absolute atomic E-state index is 13.1. The van der Waals surface area contributed by atoms with E-state index >= 15 is 0 Å². The molecule has 1 N–H and O–H groups in total. The van der Waals surface area contributed by atoms with Gasteiger partial charge in [-0.1, -0.05) is 57.8 Å². The highest BCUT2D eigenvalue weighted by atomic mass is 35.5. The highest BCUT2D eigenvalue weighted by molar-refractivity contribution is 7.98. The Kier molecular flexibility index (Phi) is 6.95. The number of hydrogen-bond acceptors (Lipinski definition) is 6. The van der Waals surface area contributed by atoms with E-state index in [1.165, 1.54) is 16.4 Å². The summed E-state index contributed by atoms with van der Waals surface area (Å²) in [6.45, 7) is 1.89. The predicted molar refractivity (Wildman–Crippen MR) is 127 cm³/mol. The van der Waals surface area contributed by atoms with Gasteiger partial charge < -0.3 is 5.32 Å². The van der Waals surface area contributed by atoms with Crippen LogP contribution in [0.4, 0.5) is 5.69 Å². The summed E-state index contributed by atoms with van der Waals surface area (Å²) >= 11 is 19.9. The molecule has 0 saturated carbocycles. The van der Waals surface area contributed by atoms with Crippen molar-refractivity contribution in [1.82, 2.24) is 25.0 Å². The standard InChI is InChI=1S/C21H15Cl3N6OS/c1-12-3-4-15(10-17(12)24)27-20(31)19-18(11-32-21-25-5-2-6-26-21)30(29-28-19)16-8-13(22)7-14(23)9-16/h2-10H,11H2,1H3,(H,27,31). The molecular formula is C21H15Cl3N6OS. The Hall–Kier alpha value is -2.65. The Balaban J connectivity index is 1.69. The number of rotatable bonds is 6. The van der Waals surface area contributed by atoms with Crippen LogP contribution in [0, 0.1) is 6.92 Å². The van der Waals surface area contributed by atoms with Gasteiger partial charge in [0.2, 0.25) is 0 Å². The van der Waals surface area contributed by atoms with Crippen molar-refractivity contribution in [1.29, 1.82) is 0 Å². The third kappa shape index (κ3) is 5.21. The molecule has 0 radical (unpaired) electrons. The van der Waals surface area contributed by atoms with E-state index in [2.05, 4.69) is 25.6 Å². The molecule has 0 aliphatic heterocycles. The lowest BCUT2D eigenvalue weighted by Gasteiger charge is -2.10. The third-order valence-corrected chi connectivity index (χ3v) is 6.11. The minimum Gasteiger partial charge on any atom is -0.320 e. The molecule has 2 heterocycles. The molecule has 4 aromatic rings. The summed E-state index contributed by atoms with van der Waals surface area (Å²) in [6.07, 6.45) is 3.30. The number of amides is 1. The fraction of sp³-hybridized carbons (Fsp3) is 0.0952. The van der Waals surface area contributed by atoms with Gasteiger partial charge in [0.05, 0.1) is 11.4 Å². The molecule has 162 valence electrons. The number of thioether (sulfide) groups is 1. The lowest BCUT2D eigenvalue weighted by molar-refractivity contribution is 0.102. The van der Waals surface area contributed by atoms with E-state index < -0.39 is 5.91 Å². The lowest BCUT2D eigenvalue weighted by atomic mass is 10.2. The second-order valence-electron chi connectivity index (χ2n) is 6.66. The summed E-state index contributed by atoms with van der Waals surface area (Å²) in [4.78, 5) is 21.5. The minimum absolute atomic E-state index is 0.154. The van der Waals surface area contributed by atoms with Crippen molar-refractivity contribution >= 4 is 58.2 Å². The number of nitrogens with zero attached hydrogens (tertiary/aromatic N) is 5. The molecule has 2 aromatic heterocycles. The highest BCUT2D eigenvalue weighted by Crippen LogP contribution is 2.27. The maximum Gasteiger partial charge on any atom is 0.278 e. The second kappa shape index (κ2) is 9.87. The van der Waals surface area contributed by atoms with Crippen LogP contribution in [0.5, 0.6) is 0 Å².